The van der Waals surface area contributed by atoms with Gasteiger partial charge in [-0.25, -0.2) is 18.4 Å². The van der Waals surface area contributed by atoms with Crippen LogP contribution in [0, 0.1) is 6.92 Å². The van der Waals surface area contributed by atoms with Gasteiger partial charge in [0, 0.05) is 5.02 Å². The Kier molecular flexibility index (Phi) is 3.23. The molecule has 94 valence electrons. The number of aryl methyl sites for hydroxylation is 1. The number of hydrogen-bond donors (Lipinski definition) is 1. The molecule has 0 radical (unpaired) electrons. The summed E-state index contributed by atoms with van der Waals surface area (Å²) >= 11 is 5.72. The highest BCUT2D eigenvalue weighted by molar-refractivity contribution is 7.91. The molecular formula is C11H10ClN3O2S. The minimum Gasteiger partial charge on any atom is -0.368 e. The molecule has 18 heavy (non-hydrogen) atoms. The molecule has 0 aliphatic carbocycles. The molecule has 2 N–H and O–H groups in total. The maximum Gasteiger partial charge on any atom is 0.220 e. The zero-order chi connectivity index (χ0) is 13.3. The Morgan fingerprint density at radius 3 is 2.39 bits per heavy atom. The summed E-state index contributed by atoms with van der Waals surface area (Å²) in [6.07, 6.45) is 1.21. The number of halogens is 1. The number of aromatic nitrogens is 2. The third-order valence-corrected chi connectivity index (χ3v) is 4.49. The molecule has 0 saturated carbocycles. The molecule has 0 unspecified atom stereocenters. The van der Waals surface area contributed by atoms with Crippen molar-refractivity contribution in [1.82, 2.24) is 9.97 Å². The molecule has 2 rings (SSSR count). The van der Waals surface area contributed by atoms with E-state index in [1.807, 2.05) is 0 Å². The maximum atomic E-state index is 12.3. The summed E-state index contributed by atoms with van der Waals surface area (Å²) in [4.78, 5) is 7.74. The van der Waals surface area contributed by atoms with E-state index in [1.165, 1.54) is 30.5 Å². The maximum absolute atomic E-state index is 12.3. The molecule has 7 heteroatoms. The molecule has 0 aliphatic rings. The summed E-state index contributed by atoms with van der Waals surface area (Å²) in [7, 11) is -3.64. The predicted octanol–water partition coefficient (Wildman–Crippen LogP) is 1.85. The summed E-state index contributed by atoms with van der Waals surface area (Å²) in [5.41, 5.74) is 5.71. The smallest absolute Gasteiger partial charge is 0.220 e. The van der Waals surface area contributed by atoms with E-state index in [1.54, 1.807) is 6.92 Å². The van der Waals surface area contributed by atoms with Crippen LogP contribution in [0.1, 0.15) is 5.69 Å². The lowest BCUT2D eigenvalue weighted by Crippen LogP contribution is -2.08. The number of nitrogens with two attached hydrogens (primary N) is 1. The molecular weight excluding hydrogens is 274 g/mol. The van der Waals surface area contributed by atoms with Crippen LogP contribution in [0.15, 0.2) is 40.3 Å². The zero-order valence-corrected chi connectivity index (χ0v) is 11.0. The number of nitrogens with zero attached hydrogens (tertiary/aromatic N) is 2. The van der Waals surface area contributed by atoms with Gasteiger partial charge < -0.3 is 5.73 Å². The molecule has 1 aromatic heterocycles. The monoisotopic (exact) mass is 283 g/mol. The van der Waals surface area contributed by atoms with Crippen LogP contribution in [0.2, 0.25) is 5.02 Å². The molecule has 0 amide bonds. The topological polar surface area (TPSA) is 85.9 Å². The average Bonchev–Trinajstić information content (AvgIpc) is 2.29. The van der Waals surface area contributed by atoms with E-state index >= 15 is 0 Å². The van der Waals surface area contributed by atoms with Gasteiger partial charge in [0.05, 0.1) is 16.8 Å². The third kappa shape index (κ3) is 2.30. The van der Waals surface area contributed by atoms with Crippen LogP contribution in [0.3, 0.4) is 0 Å². The van der Waals surface area contributed by atoms with E-state index < -0.39 is 9.84 Å². The van der Waals surface area contributed by atoms with Crippen molar-refractivity contribution in [3.63, 3.8) is 0 Å². The second-order valence-electron chi connectivity index (χ2n) is 3.64. The molecule has 1 aromatic carbocycles. The lowest BCUT2D eigenvalue weighted by atomic mass is 10.4. The summed E-state index contributed by atoms with van der Waals surface area (Å²) < 4.78 is 24.6. The predicted molar refractivity (Wildman–Crippen MR) is 68.1 cm³/mol. The first-order valence-electron chi connectivity index (χ1n) is 5.01. The minimum atomic E-state index is -3.64. The van der Waals surface area contributed by atoms with Crippen molar-refractivity contribution in [3.8, 4) is 0 Å². The number of hydrogen-bond acceptors (Lipinski definition) is 5. The van der Waals surface area contributed by atoms with Gasteiger partial charge in [-0.3, -0.25) is 0 Å². The summed E-state index contributed by atoms with van der Waals surface area (Å²) in [5, 5.41) is 0.472. The fourth-order valence-corrected chi connectivity index (χ4v) is 2.98. The fraction of sp³-hybridized carbons (Fsp3) is 0.0909. The second kappa shape index (κ2) is 4.55. The molecule has 5 nitrogen and oxygen atoms in total. The Morgan fingerprint density at radius 2 is 1.83 bits per heavy atom. The normalized spacial score (nSPS) is 11.4. The first-order valence-corrected chi connectivity index (χ1v) is 6.87. The Balaban J connectivity index is 2.58. The number of benzene rings is 1. The lowest BCUT2D eigenvalue weighted by Gasteiger charge is -2.07. The zero-order valence-electron chi connectivity index (χ0n) is 9.46. The van der Waals surface area contributed by atoms with E-state index in [0.717, 1.165) is 0 Å². The standard InChI is InChI=1S/C11H10ClN3O2S/c1-7-10(6-14-11(13)15-7)18(16,17)9-4-2-8(12)3-5-9/h2-6H,1H3,(H2,13,14,15). The van der Waals surface area contributed by atoms with Crippen molar-refractivity contribution in [2.75, 3.05) is 5.73 Å². The van der Waals surface area contributed by atoms with Crippen LogP contribution in [-0.4, -0.2) is 18.4 Å². The average molecular weight is 284 g/mol. The number of anilines is 1. The van der Waals surface area contributed by atoms with Crippen LogP contribution in [-0.2, 0) is 9.84 Å². The molecule has 1 heterocycles. The minimum absolute atomic E-state index is 0.0408. The summed E-state index contributed by atoms with van der Waals surface area (Å²) in [6, 6.07) is 5.91. The highest BCUT2D eigenvalue weighted by Gasteiger charge is 2.21. The number of sulfone groups is 1. The van der Waals surface area contributed by atoms with Gasteiger partial charge in [-0.1, -0.05) is 11.6 Å². The Morgan fingerprint density at radius 1 is 1.22 bits per heavy atom. The summed E-state index contributed by atoms with van der Waals surface area (Å²) in [6.45, 7) is 1.57. The van der Waals surface area contributed by atoms with Gasteiger partial charge in [0.15, 0.2) is 0 Å². The van der Waals surface area contributed by atoms with Crippen molar-refractivity contribution in [1.29, 1.82) is 0 Å². The van der Waals surface area contributed by atoms with Gasteiger partial charge in [-0.2, -0.15) is 0 Å². The Labute approximate surface area is 110 Å². The molecule has 0 fully saturated rings. The van der Waals surface area contributed by atoms with E-state index in [-0.39, 0.29) is 15.7 Å². The van der Waals surface area contributed by atoms with Crippen LogP contribution in [0.25, 0.3) is 0 Å². The SMILES string of the molecule is Cc1nc(N)ncc1S(=O)(=O)c1ccc(Cl)cc1. The Hall–Kier alpha value is -1.66. The molecule has 0 saturated heterocycles. The highest BCUT2D eigenvalue weighted by Crippen LogP contribution is 2.23. The van der Waals surface area contributed by atoms with Crippen LogP contribution in [0.5, 0.6) is 0 Å². The van der Waals surface area contributed by atoms with Gasteiger partial charge in [0.1, 0.15) is 4.90 Å². The number of nitrogen functional groups attached to an aromatic ring is 1. The quantitative estimate of drug-likeness (QED) is 0.909. The number of rotatable bonds is 2. The lowest BCUT2D eigenvalue weighted by molar-refractivity contribution is 0.594. The van der Waals surface area contributed by atoms with E-state index in [2.05, 4.69) is 9.97 Å². The van der Waals surface area contributed by atoms with Crippen molar-refractivity contribution in [2.24, 2.45) is 0 Å². The van der Waals surface area contributed by atoms with Crippen molar-refractivity contribution in [2.45, 2.75) is 16.7 Å². The first-order chi connectivity index (χ1) is 8.41. The van der Waals surface area contributed by atoms with Crippen LogP contribution >= 0.6 is 11.6 Å². The van der Waals surface area contributed by atoms with Crippen molar-refractivity contribution < 1.29 is 8.42 Å². The van der Waals surface area contributed by atoms with Crippen molar-refractivity contribution >= 4 is 27.4 Å². The largest absolute Gasteiger partial charge is 0.368 e. The van der Waals surface area contributed by atoms with Crippen LogP contribution in [0.4, 0.5) is 5.95 Å². The molecule has 0 spiro atoms. The molecule has 0 atom stereocenters. The molecule has 0 bridgehead atoms. The van der Waals surface area contributed by atoms with E-state index in [9.17, 15) is 8.42 Å². The first kappa shape index (κ1) is 12.8. The van der Waals surface area contributed by atoms with Gasteiger partial charge in [-0.05, 0) is 31.2 Å². The Bertz CT molecular complexity index is 684. The summed E-state index contributed by atoms with van der Waals surface area (Å²) in [5.74, 6) is 0.0440. The second-order valence-corrected chi connectivity index (χ2v) is 5.99. The van der Waals surface area contributed by atoms with E-state index in [4.69, 9.17) is 17.3 Å². The van der Waals surface area contributed by atoms with Crippen LogP contribution < -0.4 is 5.73 Å². The van der Waals surface area contributed by atoms with Gasteiger partial charge >= 0.3 is 0 Å². The van der Waals surface area contributed by atoms with Gasteiger partial charge in [-0.15, -0.1) is 0 Å². The van der Waals surface area contributed by atoms with Gasteiger partial charge in [0.25, 0.3) is 0 Å². The third-order valence-electron chi connectivity index (χ3n) is 2.37. The highest BCUT2D eigenvalue weighted by atomic mass is 35.5. The molecule has 2 aromatic rings. The van der Waals surface area contributed by atoms with Crippen molar-refractivity contribution in [3.05, 3.63) is 41.2 Å². The van der Waals surface area contributed by atoms with E-state index in [0.29, 0.717) is 10.7 Å². The fourth-order valence-electron chi connectivity index (χ4n) is 1.48. The molecule has 0 aliphatic heterocycles. The van der Waals surface area contributed by atoms with Gasteiger partial charge in [0.2, 0.25) is 15.8 Å².